The molecule has 2 aromatic rings. The van der Waals surface area contributed by atoms with E-state index in [-0.39, 0.29) is 34.5 Å². The van der Waals surface area contributed by atoms with Crippen LogP contribution < -0.4 is 5.32 Å². The molecule has 1 aliphatic heterocycles. The van der Waals surface area contributed by atoms with Gasteiger partial charge in [0.15, 0.2) is 0 Å². The highest BCUT2D eigenvalue weighted by Gasteiger charge is 2.40. The van der Waals surface area contributed by atoms with E-state index in [1.807, 2.05) is 18.2 Å². The van der Waals surface area contributed by atoms with Crippen molar-refractivity contribution in [3.8, 4) is 0 Å². The Labute approximate surface area is 150 Å². The minimum absolute atomic E-state index is 0.0599. The molecule has 0 fully saturated rings. The number of benzene rings is 2. The standard InChI is InChI=1S/C20H18N2O4/c1-26-20(23)13-10-8-12(9-11-13)18-15-5-2-4-14(15)16-6-3-7-17(22(24)25)19(16)21-18/h2-4,6-11,14-15,18,21H,5H2,1H3/t14-,15-,18-/m0/s1. The van der Waals surface area contributed by atoms with E-state index in [1.54, 1.807) is 18.2 Å². The van der Waals surface area contributed by atoms with Gasteiger partial charge in [0, 0.05) is 12.0 Å². The first-order valence-electron chi connectivity index (χ1n) is 8.49. The Balaban J connectivity index is 1.75. The van der Waals surface area contributed by atoms with Crippen molar-refractivity contribution in [3.63, 3.8) is 0 Å². The quantitative estimate of drug-likeness (QED) is 0.388. The van der Waals surface area contributed by atoms with Gasteiger partial charge >= 0.3 is 5.97 Å². The van der Waals surface area contributed by atoms with Gasteiger partial charge < -0.3 is 10.1 Å². The van der Waals surface area contributed by atoms with Crippen molar-refractivity contribution in [2.24, 2.45) is 5.92 Å². The van der Waals surface area contributed by atoms with Crippen molar-refractivity contribution in [1.82, 2.24) is 0 Å². The summed E-state index contributed by atoms with van der Waals surface area (Å²) in [5.41, 5.74) is 3.14. The van der Waals surface area contributed by atoms with E-state index in [1.165, 1.54) is 13.2 Å². The molecular formula is C20H18N2O4. The van der Waals surface area contributed by atoms with Crippen molar-refractivity contribution in [1.29, 1.82) is 0 Å². The predicted octanol–water partition coefficient (Wildman–Crippen LogP) is 4.21. The van der Waals surface area contributed by atoms with E-state index >= 15 is 0 Å². The molecule has 26 heavy (non-hydrogen) atoms. The minimum atomic E-state index is -0.380. The number of anilines is 1. The first-order chi connectivity index (χ1) is 12.6. The fourth-order valence-electron chi connectivity index (χ4n) is 4.03. The van der Waals surface area contributed by atoms with Crippen LogP contribution >= 0.6 is 0 Å². The van der Waals surface area contributed by atoms with E-state index in [4.69, 9.17) is 4.74 Å². The summed E-state index contributed by atoms with van der Waals surface area (Å²) in [6.45, 7) is 0. The Hall–Kier alpha value is -3.15. The predicted molar refractivity (Wildman–Crippen MR) is 97.2 cm³/mol. The highest BCUT2D eigenvalue weighted by Crippen LogP contribution is 2.51. The largest absolute Gasteiger partial charge is 0.465 e. The first kappa shape index (κ1) is 16.3. The molecule has 0 bridgehead atoms. The summed E-state index contributed by atoms with van der Waals surface area (Å²) >= 11 is 0. The smallest absolute Gasteiger partial charge is 0.337 e. The number of nitro benzene ring substituents is 1. The summed E-state index contributed by atoms with van der Waals surface area (Å²) < 4.78 is 4.74. The van der Waals surface area contributed by atoms with Crippen LogP contribution in [-0.4, -0.2) is 18.0 Å². The van der Waals surface area contributed by atoms with Gasteiger partial charge in [0.25, 0.3) is 5.69 Å². The van der Waals surface area contributed by atoms with E-state index in [0.717, 1.165) is 17.5 Å². The number of hydrogen-bond acceptors (Lipinski definition) is 5. The maximum absolute atomic E-state index is 11.6. The Morgan fingerprint density at radius 1 is 1.23 bits per heavy atom. The van der Waals surface area contributed by atoms with Crippen LogP contribution in [0, 0.1) is 16.0 Å². The molecule has 1 aliphatic carbocycles. The van der Waals surface area contributed by atoms with Gasteiger partial charge in [0.05, 0.1) is 23.6 Å². The molecule has 0 saturated heterocycles. The van der Waals surface area contributed by atoms with Crippen molar-refractivity contribution in [3.05, 3.63) is 81.4 Å². The van der Waals surface area contributed by atoms with Gasteiger partial charge in [-0.05, 0) is 35.6 Å². The summed E-state index contributed by atoms with van der Waals surface area (Å²) in [6, 6.07) is 12.4. The number of rotatable bonds is 3. The van der Waals surface area contributed by atoms with Gasteiger partial charge in [-0.25, -0.2) is 4.79 Å². The number of fused-ring (bicyclic) bond motifs is 3. The number of para-hydroxylation sites is 1. The molecule has 2 aliphatic rings. The Morgan fingerprint density at radius 2 is 2.00 bits per heavy atom. The zero-order valence-electron chi connectivity index (χ0n) is 14.2. The van der Waals surface area contributed by atoms with Crippen LogP contribution in [0.25, 0.3) is 0 Å². The van der Waals surface area contributed by atoms with Crippen molar-refractivity contribution in [2.75, 3.05) is 12.4 Å². The molecule has 0 amide bonds. The molecular weight excluding hydrogens is 332 g/mol. The maximum atomic E-state index is 11.6. The molecule has 6 nitrogen and oxygen atoms in total. The van der Waals surface area contributed by atoms with Gasteiger partial charge in [0.2, 0.25) is 0 Å². The molecule has 132 valence electrons. The molecule has 1 heterocycles. The van der Waals surface area contributed by atoms with Crippen LogP contribution in [0.5, 0.6) is 0 Å². The normalized spacial score (nSPS) is 22.9. The zero-order valence-corrected chi connectivity index (χ0v) is 14.2. The number of hydrogen-bond donors (Lipinski definition) is 1. The lowest BCUT2D eigenvalue weighted by molar-refractivity contribution is -0.384. The fraction of sp³-hybridized carbons (Fsp3) is 0.250. The number of carbonyl (C=O) groups is 1. The zero-order chi connectivity index (χ0) is 18.3. The average Bonchev–Trinajstić information content (AvgIpc) is 3.16. The number of carbonyl (C=O) groups excluding carboxylic acids is 1. The summed E-state index contributed by atoms with van der Waals surface area (Å²) in [6.07, 6.45) is 5.19. The van der Waals surface area contributed by atoms with Crippen molar-refractivity contribution in [2.45, 2.75) is 18.4 Å². The number of ether oxygens (including phenoxy) is 1. The van der Waals surface area contributed by atoms with Gasteiger partial charge in [-0.3, -0.25) is 10.1 Å². The number of nitro groups is 1. The second-order valence-corrected chi connectivity index (χ2v) is 6.59. The van der Waals surface area contributed by atoms with E-state index in [2.05, 4.69) is 17.5 Å². The average molecular weight is 350 g/mol. The minimum Gasteiger partial charge on any atom is -0.465 e. The number of esters is 1. The lowest BCUT2D eigenvalue weighted by Crippen LogP contribution is -2.29. The van der Waals surface area contributed by atoms with Crippen molar-refractivity contribution >= 4 is 17.3 Å². The van der Waals surface area contributed by atoms with Gasteiger partial charge in [-0.15, -0.1) is 0 Å². The third-order valence-corrected chi connectivity index (χ3v) is 5.26. The van der Waals surface area contributed by atoms with Crippen LogP contribution in [0.3, 0.4) is 0 Å². The van der Waals surface area contributed by atoms with Gasteiger partial charge in [-0.1, -0.05) is 36.4 Å². The van der Waals surface area contributed by atoms with E-state index in [9.17, 15) is 14.9 Å². The molecule has 0 saturated carbocycles. The Morgan fingerprint density at radius 3 is 2.69 bits per heavy atom. The highest BCUT2D eigenvalue weighted by atomic mass is 16.6. The lowest BCUT2D eigenvalue weighted by atomic mass is 9.76. The molecule has 6 heteroatoms. The fourth-order valence-corrected chi connectivity index (χ4v) is 4.03. The number of nitrogens with one attached hydrogen (secondary N) is 1. The topological polar surface area (TPSA) is 81.5 Å². The third kappa shape index (κ3) is 2.54. The molecule has 0 radical (unpaired) electrons. The summed E-state index contributed by atoms with van der Waals surface area (Å²) in [7, 11) is 1.35. The van der Waals surface area contributed by atoms with E-state index in [0.29, 0.717) is 11.3 Å². The number of allylic oxidation sites excluding steroid dienone is 2. The Bertz CT molecular complexity index is 905. The SMILES string of the molecule is COC(=O)c1ccc([C@@H]2Nc3c(cccc3[N+](=O)[O-])[C@H]3C=CC[C@@H]32)cc1. The van der Waals surface area contributed by atoms with Gasteiger partial charge in [-0.2, -0.15) is 0 Å². The third-order valence-electron chi connectivity index (χ3n) is 5.26. The molecule has 2 aromatic carbocycles. The second-order valence-electron chi connectivity index (χ2n) is 6.59. The van der Waals surface area contributed by atoms with Crippen LogP contribution in [0.4, 0.5) is 11.4 Å². The van der Waals surface area contributed by atoms with Crippen molar-refractivity contribution < 1.29 is 14.5 Å². The monoisotopic (exact) mass is 350 g/mol. The molecule has 3 atom stereocenters. The summed E-state index contributed by atoms with van der Waals surface area (Å²) in [5, 5.41) is 14.9. The van der Waals surface area contributed by atoms with Crippen LogP contribution in [-0.2, 0) is 4.74 Å². The van der Waals surface area contributed by atoms with E-state index < -0.39 is 0 Å². The second kappa shape index (κ2) is 6.29. The first-order valence-corrected chi connectivity index (χ1v) is 8.49. The van der Waals surface area contributed by atoms with Crippen LogP contribution in [0.2, 0.25) is 0 Å². The molecule has 0 aromatic heterocycles. The Kier molecular flexibility index (Phi) is 3.95. The summed E-state index contributed by atoms with van der Waals surface area (Å²) in [5.74, 6) is 0.0551. The van der Waals surface area contributed by atoms with Crippen LogP contribution in [0.15, 0.2) is 54.6 Å². The molecule has 1 N–H and O–H groups in total. The molecule has 4 rings (SSSR count). The molecule has 0 unspecified atom stereocenters. The maximum Gasteiger partial charge on any atom is 0.337 e. The van der Waals surface area contributed by atoms with Crippen LogP contribution in [0.1, 0.15) is 39.9 Å². The lowest BCUT2D eigenvalue weighted by Gasteiger charge is -2.37. The van der Waals surface area contributed by atoms with Gasteiger partial charge in [0.1, 0.15) is 5.69 Å². The summed E-state index contributed by atoms with van der Waals surface area (Å²) in [4.78, 5) is 22.8. The number of nitrogens with zero attached hydrogens (tertiary/aromatic N) is 1. The molecule has 0 spiro atoms. The highest BCUT2D eigenvalue weighted by molar-refractivity contribution is 5.89. The number of methoxy groups -OCH3 is 1.